The Morgan fingerprint density at radius 3 is 2.45 bits per heavy atom. The minimum atomic E-state index is -0.517. The van der Waals surface area contributed by atoms with Gasteiger partial charge >= 0.3 is 0 Å². The highest BCUT2D eigenvalue weighted by molar-refractivity contribution is 5.81. The first-order valence-electron chi connectivity index (χ1n) is 6.46. The largest absolute Gasteiger partial charge is 0.463 e. The molecule has 1 unspecified atom stereocenters. The number of hydrogen-bond acceptors (Lipinski definition) is 3. The minimum absolute atomic E-state index is 0.0448. The van der Waals surface area contributed by atoms with Crippen molar-refractivity contribution in [3.63, 3.8) is 0 Å². The predicted octanol–water partition coefficient (Wildman–Crippen LogP) is 3.51. The molecule has 3 nitrogen and oxygen atoms in total. The summed E-state index contributed by atoms with van der Waals surface area (Å²) in [7, 11) is 0. The number of aliphatic hydroxyl groups is 1. The Morgan fingerprint density at radius 2 is 1.75 bits per heavy atom. The maximum absolute atomic E-state index is 12.4. The molecule has 3 rings (SSSR count). The van der Waals surface area contributed by atoms with Crippen LogP contribution in [-0.2, 0) is 0 Å². The molecule has 0 amide bonds. The van der Waals surface area contributed by atoms with E-state index < -0.39 is 6.10 Å². The van der Waals surface area contributed by atoms with E-state index in [1.54, 1.807) is 19.1 Å². The van der Waals surface area contributed by atoms with E-state index in [1.165, 1.54) is 6.26 Å². The summed E-state index contributed by atoms with van der Waals surface area (Å²) in [6, 6.07) is 14.5. The number of fused-ring (bicyclic) bond motifs is 1. The first-order chi connectivity index (χ1) is 9.66. The van der Waals surface area contributed by atoms with Gasteiger partial charge in [-0.25, -0.2) is 0 Å². The van der Waals surface area contributed by atoms with Gasteiger partial charge in [-0.3, -0.25) is 4.79 Å². The van der Waals surface area contributed by atoms with Crippen LogP contribution in [0.5, 0.6) is 0 Å². The Bertz CT molecular complexity index is 798. The third-order valence-electron chi connectivity index (χ3n) is 3.38. The van der Waals surface area contributed by atoms with Crippen LogP contribution in [0.3, 0.4) is 0 Å². The van der Waals surface area contributed by atoms with Crippen LogP contribution in [0.25, 0.3) is 22.1 Å². The van der Waals surface area contributed by atoms with E-state index in [-0.39, 0.29) is 5.43 Å². The van der Waals surface area contributed by atoms with Crippen molar-refractivity contribution in [2.75, 3.05) is 0 Å². The molecule has 0 aliphatic carbocycles. The average molecular weight is 266 g/mol. The number of aliphatic hydroxyl groups excluding tert-OH is 1. The van der Waals surface area contributed by atoms with Gasteiger partial charge in [-0.15, -0.1) is 0 Å². The summed E-state index contributed by atoms with van der Waals surface area (Å²) in [5.41, 5.74) is 2.67. The second kappa shape index (κ2) is 4.94. The molecule has 1 aromatic heterocycles. The topological polar surface area (TPSA) is 50.4 Å². The van der Waals surface area contributed by atoms with E-state index in [9.17, 15) is 9.90 Å². The minimum Gasteiger partial charge on any atom is -0.463 e. The van der Waals surface area contributed by atoms with Crippen LogP contribution in [0.15, 0.2) is 64.0 Å². The Kier molecular flexibility index (Phi) is 3.12. The Morgan fingerprint density at radius 1 is 1.05 bits per heavy atom. The Labute approximate surface area is 116 Å². The molecule has 0 saturated carbocycles. The first kappa shape index (κ1) is 12.6. The quantitative estimate of drug-likeness (QED) is 0.772. The van der Waals surface area contributed by atoms with Gasteiger partial charge in [-0.05, 0) is 30.2 Å². The molecule has 0 saturated heterocycles. The molecule has 0 bridgehead atoms. The van der Waals surface area contributed by atoms with Crippen molar-refractivity contribution in [2.24, 2.45) is 0 Å². The molecule has 1 heterocycles. The summed E-state index contributed by atoms with van der Waals surface area (Å²) in [6.45, 7) is 1.71. The van der Waals surface area contributed by atoms with Crippen molar-refractivity contribution in [1.82, 2.24) is 0 Å². The lowest BCUT2D eigenvalue weighted by atomic mass is 10.0. The molecular formula is C17H14O3. The second-order valence-corrected chi connectivity index (χ2v) is 4.77. The van der Waals surface area contributed by atoms with Crippen LogP contribution in [-0.4, -0.2) is 5.11 Å². The second-order valence-electron chi connectivity index (χ2n) is 4.77. The summed E-state index contributed by atoms with van der Waals surface area (Å²) < 4.78 is 5.51. The molecule has 0 aliphatic heterocycles. The zero-order valence-electron chi connectivity index (χ0n) is 11.0. The van der Waals surface area contributed by atoms with E-state index >= 15 is 0 Å². The van der Waals surface area contributed by atoms with Crippen molar-refractivity contribution in [1.29, 1.82) is 0 Å². The predicted molar refractivity (Wildman–Crippen MR) is 78.6 cm³/mol. The van der Waals surface area contributed by atoms with Crippen molar-refractivity contribution in [2.45, 2.75) is 13.0 Å². The number of rotatable bonds is 2. The lowest BCUT2D eigenvalue weighted by Crippen LogP contribution is -2.04. The maximum atomic E-state index is 12.4. The van der Waals surface area contributed by atoms with Crippen LogP contribution < -0.4 is 5.43 Å². The maximum Gasteiger partial charge on any atom is 0.200 e. The van der Waals surface area contributed by atoms with Gasteiger partial charge < -0.3 is 9.52 Å². The molecule has 1 atom stereocenters. The molecule has 1 N–H and O–H groups in total. The summed E-state index contributed by atoms with van der Waals surface area (Å²) in [5.74, 6) is 0. The fourth-order valence-corrected chi connectivity index (χ4v) is 2.22. The molecule has 3 aromatic rings. The van der Waals surface area contributed by atoms with Gasteiger partial charge in [0.2, 0.25) is 0 Å². The third-order valence-corrected chi connectivity index (χ3v) is 3.38. The number of hydrogen-bond donors (Lipinski definition) is 1. The fraction of sp³-hybridized carbons (Fsp3) is 0.118. The van der Waals surface area contributed by atoms with E-state index in [0.717, 1.165) is 11.1 Å². The molecule has 100 valence electrons. The molecule has 0 spiro atoms. The zero-order valence-corrected chi connectivity index (χ0v) is 11.0. The van der Waals surface area contributed by atoms with Crippen LogP contribution in [0.1, 0.15) is 18.6 Å². The standard InChI is InChI=1S/C17H14O3/c1-11(18)12-6-8-13(9-7-12)15-10-20-16-5-3-2-4-14(16)17(15)19/h2-11,18H,1H3. The Hall–Kier alpha value is -2.39. The third kappa shape index (κ3) is 2.12. The summed E-state index contributed by atoms with van der Waals surface area (Å²) >= 11 is 0. The van der Waals surface area contributed by atoms with Crippen molar-refractivity contribution in [3.8, 4) is 11.1 Å². The molecule has 0 fully saturated rings. The van der Waals surface area contributed by atoms with Crippen molar-refractivity contribution >= 4 is 11.0 Å². The highest BCUT2D eigenvalue weighted by Gasteiger charge is 2.09. The van der Waals surface area contributed by atoms with Gasteiger partial charge in [0.15, 0.2) is 5.43 Å². The van der Waals surface area contributed by atoms with Gasteiger partial charge in [0.05, 0.1) is 17.1 Å². The molecule has 0 aliphatic rings. The summed E-state index contributed by atoms with van der Waals surface area (Å²) in [6.07, 6.45) is 0.972. The SMILES string of the molecule is CC(O)c1ccc(-c2coc3ccccc3c2=O)cc1. The highest BCUT2D eigenvalue weighted by Crippen LogP contribution is 2.21. The summed E-state index contributed by atoms with van der Waals surface area (Å²) in [5, 5.41) is 10.1. The number of para-hydroxylation sites is 1. The van der Waals surface area contributed by atoms with E-state index in [0.29, 0.717) is 16.5 Å². The first-order valence-corrected chi connectivity index (χ1v) is 6.46. The van der Waals surface area contributed by atoms with E-state index in [2.05, 4.69) is 0 Å². The van der Waals surface area contributed by atoms with Gasteiger partial charge in [0, 0.05) is 0 Å². The molecule has 20 heavy (non-hydrogen) atoms. The van der Waals surface area contributed by atoms with Crippen LogP contribution in [0.4, 0.5) is 0 Å². The smallest absolute Gasteiger partial charge is 0.200 e. The highest BCUT2D eigenvalue weighted by atomic mass is 16.3. The lowest BCUT2D eigenvalue weighted by Gasteiger charge is -2.06. The number of benzene rings is 2. The molecule has 0 radical (unpaired) electrons. The van der Waals surface area contributed by atoms with Crippen LogP contribution in [0.2, 0.25) is 0 Å². The molecular weight excluding hydrogens is 252 g/mol. The van der Waals surface area contributed by atoms with Crippen LogP contribution >= 0.6 is 0 Å². The average Bonchev–Trinajstić information content (AvgIpc) is 2.48. The van der Waals surface area contributed by atoms with Crippen molar-refractivity contribution < 1.29 is 9.52 Å². The normalized spacial score (nSPS) is 12.5. The summed E-state index contributed by atoms with van der Waals surface area (Å²) in [4.78, 5) is 12.4. The van der Waals surface area contributed by atoms with Gasteiger partial charge in [-0.1, -0.05) is 36.4 Å². The lowest BCUT2D eigenvalue weighted by molar-refractivity contribution is 0.199. The van der Waals surface area contributed by atoms with Crippen molar-refractivity contribution in [3.05, 3.63) is 70.6 Å². The molecule has 3 heteroatoms. The molecule has 2 aromatic carbocycles. The Balaban J connectivity index is 2.15. The van der Waals surface area contributed by atoms with E-state index in [1.807, 2.05) is 36.4 Å². The van der Waals surface area contributed by atoms with E-state index in [4.69, 9.17) is 4.42 Å². The van der Waals surface area contributed by atoms with Gasteiger partial charge in [0.25, 0.3) is 0 Å². The van der Waals surface area contributed by atoms with Gasteiger partial charge in [0.1, 0.15) is 11.8 Å². The van der Waals surface area contributed by atoms with Crippen LogP contribution in [0, 0.1) is 0 Å². The van der Waals surface area contributed by atoms with Gasteiger partial charge in [-0.2, -0.15) is 0 Å². The fourth-order valence-electron chi connectivity index (χ4n) is 2.22. The monoisotopic (exact) mass is 266 g/mol. The zero-order chi connectivity index (χ0) is 14.1.